The Labute approximate surface area is 136 Å². The van der Waals surface area contributed by atoms with Crippen LogP contribution in [-0.4, -0.2) is 58.5 Å². The van der Waals surface area contributed by atoms with Crippen molar-refractivity contribution in [3.05, 3.63) is 47.9 Å². The number of aromatic nitrogens is 3. The first-order valence-electron chi connectivity index (χ1n) is 8.09. The largest absolute Gasteiger partial charge is 0.373 e. The van der Waals surface area contributed by atoms with Gasteiger partial charge in [0.15, 0.2) is 5.82 Å². The first kappa shape index (κ1) is 14.5. The predicted molar refractivity (Wildman–Crippen MR) is 87.2 cm³/mol. The number of morpholine rings is 1. The Balaban J connectivity index is 1.49. The number of fused-ring (bicyclic) bond motifs is 1. The summed E-state index contributed by atoms with van der Waals surface area (Å²) >= 11 is 0. The van der Waals surface area contributed by atoms with Gasteiger partial charge in [-0.15, -0.1) is 5.10 Å². The molecule has 0 unspecified atom stereocenters. The molecule has 2 aliphatic heterocycles. The molecule has 4 heterocycles. The highest BCUT2D eigenvalue weighted by Gasteiger charge is 2.40. The monoisotopic (exact) mass is 311 g/mol. The van der Waals surface area contributed by atoms with E-state index in [0.29, 0.717) is 6.04 Å². The minimum atomic E-state index is 0.239. The molecule has 6 heteroatoms. The molecule has 0 radical (unpaired) electrons. The highest BCUT2D eigenvalue weighted by Crippen LogP contribution is 2.27. The number of nitrogens with zero attached hydrogens (tertiary/aromatic N) is 5. The van der Waals surface area contributed by atoms with Crippen molar-refractivity contribution in [2.24, 2.45) is 0 Å². The molecule has 0 N–H and O–H groups in total. The van der Waals surface area contributed by atoms with Gasteiger partial charge in [0.2, 0.25) is 0 Å². The van der Waals surface area contributed by atoms with Crippen molar-refractivity contribution >= 4 is 5.82 Å². The van der Waals surface area contributed by atoms with E-state index < -0.39 is 0 Å². The summed E-state index contributed by atoms with van der Waals surface area (Å²) in [6.45, 7) is 6.43. The molecular formula is C17H21N5O. The van der Waals surface area contributed by atoms with E-state index in [2.05, 4.69) is 37.1 Å². The maximum absolute atomic E-state index is 6.00. The van der Waals surface area contributed by atoms with Crippen LogP contribution in [0.4, 0.5) is 5.82 Å². The second-order valence-corrected chi connectivity index (χ2v) is 6.26. The van der Waals surface area contributed by atoms with Crippen LogP contribution in [-0.2, 0) is 11.3 Å². The molecule has 0 aromatic carbocycles. The molecule has 4 rings (SSSR count). The highest BCUT2D eigenvalue weighted by molar-refractivity contribution is 5.40. The van der Waals surface area contributed by atoms with Gasteiger partial charge in [0.1, 0.15) is 0 Å². The van der Waals surface area contributed by atoms with Gasteiger partial charge in [0.05, 0.1) is 24.4 Å². The molecule has 2 aliphatic rings. The zero-order chi connectivity index (χ0) is 15.6. The lowest BCUT2D eigenvalue weighted by atomic mass is 10.1. The Kier molecular flexibility index (Phi) is 3.93. The van der Waals surface area contributed by atoms with Gasteiger partial charge in [0, 0.05) is 38.6 Å². The summed E-state index contributed by atoms with van der Waals surface area (Å²) in [4.78, 5) is 8.99. The molecule has 2 aromatic rings. The number of aryl methyl sites for hydroxylation is 1. The van der Waals surface area contributed by atoms with Crippen LogP contribution in [0.1, 0.15) is 11.3 Å². The number of anilines is 1. The second kappa shape index (κ2) is 6.22. The summed E-state index contributed by atoms with van der Waals surface area (Å²) in [6, 6.07) is 8.55. The lowest BCUT2D eigenvalue weighted by molar-refractivity contribution is 0.0303. The minimum Gasteiger partial charge on any atom is -0.373 e. The molecule has 0 bridgehead atoms. The van der Waals surface area contributed by atoms with Crippen LogP contribution in [0.5, 0.6) is 0 Å². The number of hydrogen-bond donors (Lipinski definition) is 0. The van der Waals surface area contributed by atoms with E-state index in [1.807, 2.05) is 31.5 Å². The van der Waals surface area contributed by atoms with Crippen molar-refractivity contribution in [3.8, 4) is 0 Å². The van der Waals surface area contributed by atoms with Crippen molar-refractivity contribution in [2.45, 2.75) is 25.6 Å². The normalized spacial score (nSPS) is 24.7. The van der Waals surface area contributed by atoms with Crippen molar-refractivity contribution in [2.75, 3.05) is 31.1 Å². The fourth-order valence-corrected chi connectivity index (χ4v) is 3.47. The van der Waals surface area contributed by atoms with E-state index in [1.54, 1.807) is 0 Å². The van der Waals surface area contributed by atoms with Gasteiger partial charge in [-0.3, -0.25) is 9.88 Å². The van der Waals surface area contributed by atoms with Crippen LogP contribution >= 0.6 is 0 Å². The SMILES string of the molecule is Cc1ccc(N2CCO[C@H]3CN(Cc4cccnc4)C[C@H]32)nn1. The second-order valence-electron chi connectivity index (χ2n) is 6.26. The molecule has 0 amide bonds. The van der Waals surface area contributed by atoms with E-state index in [1.165, 1.54) is 5.56 Å². The first-order valence-corrected chi connectivity index (χ1v) is 8.09. The molecule has 2 aromatic heterocycles. The minimum absolute atomic E-state index is 0.239. The van der Waals surface area contributed by atoms with Crippen molar-refractivity contribution in [3.63, 3.8) is 0 Å². The lowest BCUT2D eigenvalue weighted by Gasteiger charge is -2.37. The molecule has 120 valence electrons. The predicted octanol–water partition coefficient (Wildman–Crippen LogP) is 1.27. The zero-order valence-electron chi connectivity index (χ0n) is 13.3. The van der Waals surface area contributed by atoms with E-state index in [0.717, 1.165) is 44.3 Å². The van der Waals surface area contributed by atoms with Crippen LogP contribution in [0, 0.1) is 6.92 Å². The summed E-state index contributed by atoms with van der Waals surface area (Å²) in [7, 11) is 0. The Bertz CT molecular complexity index is 648. The lowest BCUT2D eigenvalue weighted by Crippen LogP contribution is -2.51. The van der Waals surface area contributed by atoms with Gasteiger partial charge in [-0.05, 0) is 30.7 Å². The van der Waals surface area contributed by atoms with Gasteiger partial charge < -0.3 is 9.64 Å². The molecule has 0 spiro atoms. The highest BCUT2D eigenvalue weighted by atomic mass is 16.5. The van der Waals surface area contributed by atoms with Crippen molar-refractivity contribution < 1.29 is 4.74 Å². The van der Waals surface area contributed by atoms with E-state index in [9.17, 15) is 0 Å². The first-order chi connectivity index (χ1) is 11.3. The molecule has 23 heavy (non-hydrogen) atoms. The Hall–Kier alpha value is -2.05. The number of ether oxygens (including phenoxy) is 1. The standard InChI is InChI=1S/C17H21N5O/c1-13-4-5-17(20-19-13)22-7-8-23-16-12-21(11-15(16)22)10-14-3-2-6-18-9-14/h2-6,9,15-16H,7-8,10-12H2,1H3/t15-,16+/m1/s1. The van der Waals surface area contributed by atoms with Gasteiger partial charge in [0.25, 0.3) is 0 Å². The Morgan fingerprint density at radius 1 is 1.22 bits per heavy atom. The quantitative estimate of drug-likeness (QED) is 0.851. The molecular weight excluding hydrogens is 290 g/mol. The van der Waals surface area contributed by atoms with Crippen LogP contribution in [0.3, 0.4) is 0 Å². The summed E-state index contributed by atoms with van der Waals surface area (Å²) in [5.74, 6) is 0.956. The summed E-state index contributed by atoms with van der Waals surface area (Å²) in [5, 5.41) is 8.56. The summed E-state index contributed by atoms with van der Waals surface area (Å²) in [5.41, 5.74) is 2.19. The van der Waals surface area contributed by atoms with E-state index >= 15 is 0 Å². The number of likely N-dealkylation sites (tertiary alicyclic amines) is 1. The molecule has 0 aliphatic carbocycles. The van der Waals surface area contributed by atoms with Gasteiger partial charge >= 0.3 is 0 Å². The fraction of sp³-hybridized carbons (Fsp3) is 0.471. The van der Waals surface area contributed by atoms with E-state index in [-0.39, 0.29) is 6.10 Å². The summed E-state index contributed by atoms with van der Waals surface area (Å²) in [6.07, 6.45) is 3.99. The maximum atomic E-state index is 6.00. The van der Waals surface area contributed by atoms with Crippen LogP contribution in [0.2, 0.25) is 0 Å². The smallest absolute Gasteiger partial charge is 0.151 e. The maximum Gasteiger partial charge on any atom is 0.151 e. The summed E-state index contributed by atoms with van der Waals surface area (Å²) < 4.78 is 6.00. The fourth-order valence-electron chi connectivity index (χ4n) is 3.47. The van der Waals surface area contributed by atoms with Gasteiger partial charge in [-0.25, -0.2) is 0 Å². The molecule has 2 atom stereocenters. The number of hydrogen-bond acceptors (Lipinski definition) is 6. The number of pyridine rings is 1. The van der Waals surface area contributed by atoms with Gasteiger partial charge in [-0.1, -0.05) is 6.07 Å². The Morgan fingerprint density at radius 3 is 2.96 bits per heavy atom. The number of rotatable bonds is 3. The Morgan fingerprint density at radius 2 is 2.17 bits per heavy atom. The molecule has 6 nitrogen and oxygen atoms in total. The third kappa shape index (κ3) is 3.04. The average Bonchev–Trinajstić information content (AvgIpc) is 2.99. The third-order valence-electron chi connectivity index (χ3n) is 4.58. The molecule has 0 saturated carbocycles. The van der Waals surface area contributed by atoms with Crippen LogP contribution < -0.4 is 4.90 Å². The topological polar surface area (TPSA) is 54.4 Å². The zero-order valence-corrected chi connectivity index (χ0v) is 13.3. The third-order valence-corrected chi connectivity index (χ3v) is 4.58. The van der Waals surface area contributed by atoms with Crippen molar-refractivity contribution in [1.82, 2.24) is 20.1 Å². The average molecular weight is 311 g/mol. The van der Waals surface area contributed by atoms with Gasteiger partial charge in [-0.2, -0.15) is 5.10 Å². The molecule has 2 fully saturated rings. The van der Waals surface area contributed by atoms with Crippen molar-refractivity contribution in [1.29, 1.82) is 0 Å². The van der Waals surface area contributed by atoms with Crippen LogP contribution in [0.15, 0.2) is 36.7 Å². The molecule has 2 saturated heterocycles. The van der Waals surface area contributed by atoms with Crippen LogP contribution in [0.25, 0.3) is 0 Å². The van der Waals surface area contributed by atoms with E-state index in [4.69, 9.17) is 4.74 Å².